The van der Waals surface area contributed by atoms with Crippen molar-refractivity contribution < 1.29 is 9.90 Å². The first-order valence-electron chi connectivity index (χ1n) is 5.92. The van der Waals surface area contributed by atoms with Crippen molar-refractivity contribution in [3.8, 4) is 0 Å². The Hall–Kier alpha value is -1.31. The number of carboxylic acid groups (broad SMARTS) is 1. The third-order valence-corrected chi connectivity index (χ3v) is 3.25. The van der Waals surface area contributed by atoms with Gasteiger partial charge in [-0.15, -0.1) is 0 Å². The van der Waals surface area contributed by atoms with Crippen LogP contribution in [0, 0.1) is 5.92 Å². The van der Waals surface area contributed by atoms with E-state index in [0.717, 1.165) is 5.56 Å². The van der Waals surface area contributed by atoms with E-state index in [1.165, 1.54) is 18.4 Å². The average Bonchev–Trinajstić information content (AvgIpc) is 2.99. The van der Waals surface area contributed by atoms with Gasteiger partial charge in [0.2, 0.25) is 0 Å². The zero-order chi connectivity index (χ0) is 11.7. The summed E-state index contributed by atoms with van der Waals surface area (Å²) in [5, 5.41) is 9.24. The highest BCUT2D eigenvalue weighted by molar-refractivity contribution is 5.76. The van der Waals surface area contributed by atoms with Crippen LogP contribution in [0.3, 0.4) is 0 Å². The third-order valence-electron chi connectivity index (χ3n) is 3.25. The van der Waals surface area contributed by atoms with Crippen molar-refractivity contribution in [1.82, 2.24) is 0 Å². The fraction of sp³-hybridized carbons (Fsp3) is 0.500. The molecule has 0 bridgehead atoms. The monoisotopic (exact) mass is 218 g/mol. The Morgan fingerprint density at radius 1 is 1.38 bits per heavy atom. The molecule has 2 nitrogen and oxygen atoms in total. The second-order valence-electron chi connectivity index (χ2n) is 5.00. The lowest BCUT2D eigenvalue weighted by Gasteiger charge is -2.17. The van der Waals surface area contributed by atoms with Crippen molar-refractivity contribution in [3.63, 3.8) is 0 Å². The Morgan fingerprint density at radius 3 is 2.56 bits per heavy atom. The molecule has 1 fully saturated rings. The molecule has 86 valence electrons. The summed E-state index contributed by atoms with van der Waals surface area (Å²) < 4.78 is 0. The van der Waals surface area contributed by atoms with Crippen LogP contribution in [0.5, 0.6) is 0 Å². The molecule has 1 saturated carbocycles. The molecule has 16 heavy (non-hydrogen) atoms. The summed E-state index contributed by atoms with van der Waals surface area (Å²) in [5.74, 6) is -0.282. The number of aliphatic carboxylic acids is 1. The van der Waals surface area contributed by atoms with Gasteiger partial charge in [-0.1, -0.05) is 38.1 Å². The maximum atomic E-state index is 11.2. The average molecular weight is 218 g/mol. The van der Waals surface area contributed by atoms with Crippen LogP contribution in [-0.2, 0) is 4.79 Å². The van der Waals surface area contributed by atoms with Gasteiger partial charge in [0.05, 0.1) is 5.92 Å². The number of hydrogen-bond acceptors (Lipinski definition) is 1. The van der Waals surface area contributed by atoms with Crippen molar-refractivity contribution in [1.29, 1.82) is 0 Å². The highest BCUT2D eigenvalue weighted by Gasteiger charge is 2.27. The molecule has 1 N–H and O–H groups in total. The first-order chi connectivity index (χ1) is 7.59. The van der Waals surface area contributed by atoms with Gasteiger partial charge in [-0.3, -0.25) is 4.79 Å². The molecule has 0 spiro atoms. The molecule has 2 heteroatoms. The number of rotatable bonds is 4. The smallest absolute Gasteiger partial charge is 0.311 e. The Labute approximate surface area is 96.3 Å². The first kappa shape index (κ1) is 11.2. The normalized spacial score (nSPS) is 17.4. The number of carbonyl (C=O) groups is 1. The van der Waals surface area contributed by atoms with E-state index in [4.69, 9.17) is 0 Å². The van der Waals surface area contributed by atoms with Crippen LogP contribution in [0.15, 0.2) is 24.3 Å². The molecule has 1 aromatic carbocycles. The van der Waals surface area contributed by atoms with Crippen LogP contribution in [0.1, 0.15) is 49.7 Å². The molecule has 0 aliphatic heterocycles. The second-order valence-corrected chi connectivity index (χ2v) is 5.00. The molecular formula is C14H18O2. The predicted molar refractivity (Wildman–Crippen MR) is 63.6 cm³/mol. The summed E-state index contributed by atoms with van der Waals surface area (Å²) in [5.41, 5.74) is 2.26. The minimum atomic E-state index is -0.719. The minimum Gasteiger partial charge on any atom is -0.481 e. The maximum absolute atomic E-state index is 11.2. The fourth-order valence-electron chi connectivity index (χ4n) is 2.24. The van der Waals surface area contributed by atoms with E-state index in [9.17, 15) is 9.90 Å². The summed E-state index contributed by atoms with van der Waals surface area (Å²) in [6.45, 7) is 3.92. The van der Waals surface area contributed by atoms with Gasteiger partial charge in [-0.25, -0.2) is 0 Å². The van der Waals surface area contributed by atoms with Crippen LogP contribution in [0.4, 0.5) is 0 Å². The standard InChI is InChI=1S/C14H18O2/c1-9(2)13(14(15)16)12-5-3-4-11(8-12)10-6-7-10/h3-5,8-10,13H,6-7H2,1-2H3,(H,15,16). The third kappa shape index (κ3) is 2.26. The zero-order valence-corrected chi connectivity index (χ0v) is 9.81. The topological polar surface area (TPSA) is 37.3 Å². The Kier molecular flexibility index (Phi) is 2.99. The van der Waals surface area contributed by atoms with Crippen molar-refractivity contribution in [3.05, 3.63) is 35.4 Å². The molecule has 1 atom stereocenters. The van der Waals surface area contributed by atoms with Gasteiger partial charge >= 0.3 is 5.97 Å². The predicted octanol–water partition coefficient (Wildman–Crippen LogP) is 3.39. The van der Waals surface area contributed by atoms with E-state index >= 15 is 0 Å². The fourth-order valence-corrected chi connectivity index (χ4v) is 2.24. The molecule has 1 unspecified atom stereocenters. The van der Waals surface area contributed by atoms with Gasteiger partial charge in [0, 0.05) is 0 Å². The quantitative estimate of drug-likeness (QED) is 0.841. The molecule has 1 aliphatic rings. The van der Waals surface area contributed by atoms with E-state index in [1.54, 1.807) is 0 Å². The van der Waals surface area contributed by atoms with Gasteiger partial charge in [0.25, 0.3) is 0 Å². The summed E-state index contributed by atoms with van der Waals surface area (Å²) in [6.07, 6.45) is 2.51. The first-order valence-corrected chi connectivity index (χ1v) is 5.92. The van der Waals surface area contributed by atoms with E-state index in [-0.39, 0.29) is 11.8 Å². The Bertz CT molecular complexity index is 391. The van der Waals surface area contributed by atoms with Crippen LogP contribution in [-0.4, -0.2) is 11.1 Å². The van der Waals surface area contributed by atoms with Crippen LogP contribution in [0.2, 0.25) is 0 Å². The SMILES string of the molecule is CC(C)C(C(=O)O)c1cccc(C2CC2)c1. The highest BCUT2D eigenvalue weighted by Crippen LogP contribution is 2.41. The molecule has 0 saturated heterocycles. The van der Waals surface area contributed by atoms with E-state index in [0.29, 0.717) is 5.92 Å². The van der Waals surface area contributed by atoms with Crippen LogP contribution >= 0.6 is 0 Å². The summed E-state index contributed by atoms with van der Waals surface area (Å²) >= 11 is 0. The lowest BCUT2D eigenvalue weighted by Crippen LogP contribution is -2.17. The molecule has 0 radical (unpaired) electrons. The Balaban J connectivity index is 2.29. The zero-order valence-electron chi connectivity index (χ0n) is 9.81. The van der Waals surface area contributed by atoms with Crippen molar-refractivity contribution in [2.24, 2.45) is 5.92 Å². The molecule has 2 rings (SSSR count). The van der Waals surface area contributed by atoms with Crippen molar-refractivity contribution >= 4 is 5.97 Å². The molecule has 0 amide bonds. The Morgan fingerprint density at radius 2 is 2.06 bits per heavy atom. The van der Waals surface area contributed by atoms with Crippen LogP contribution < -0.4 is 0 Å². The molecular weight excluding hydrogens is 200 g/mol. The van der Waals surface area contributed by atoms with Crippen LogP contribution in [0.25, 0.3) is 0 Å². The highest BCUT2D eigenvalue weighted by atomic mass is 16.4. The van der Waals surface area contributed by atoms with Gasteiger partial charge < -0.3 is 5.11 Å². The molecule has 0 heterocycles. The van der Waals surface area contributed by atoms with Crippen molar-refractivity contribution in [2.75, 3.05) is 0 Å². The number of carboxylic acids is 1. The van der Waals surface area contributed by atoms with E-state index < -0.39 is 5.97 Å². The number of hydrogen-bond donors (Lipinski definition) is 1. The molecule has 1 aromatic rings. The van der Waals surface area contributed by atoms with Crippen molar-refractivity contribution in [2.45, 2.75) is 38.5 Å². The minimum absolute atomic E-state index is 0.131. The van der Waals surface area contributed by atoms with Gasteiger partial charge in [0.15, 0.2) is 0 Å². The van der Waals surface area contributed by atoms with Gasteiger partial charge in [-0.05, 0) is 35.8 Å². The second kappa shape index (κ2) is 4.28. The lowest BCUT2D eigenvalue weighted by atomic mass is 9.87. The van der Waals surface area contributed by atoms with Gasteiger partial charge in [0.1, 0.15) is 0 Å². The molecule has 1 aliphatic carbocycles. The summed E-state index contributed by atoms with van der Waals surface area (Å²) in [7, 11) is 0. The van der Waals surface area contributed by atoms with Gasteiger partial charge in [-0.2, -0.15) is 0 Å². The van der Waals surface area contributed by atoms with E-state index in [2.05, 4.69) is 12.1 Å². The lowest BCUT2D eigenvalue weighted by molar-refractivity contribution is -0.139. The number of benzene rings is 1. The summed E-state index contributed by atoms with van der Waals surface area (Å²) in [6, 6.07) is 8.11. The summed E-state index contributed by atoms with van der Waals surface area (Å²) in [4.78, 5) is 11.2. The largest absolute Gasteiger partial charge is 0.481 e. The van der Waals surface area contributed by atoms with E-state index in [1.807, 2.05) is 26.0 Å². The molecule has 0 aromatic heterocycles. The maximum Gasteiger partial charge on any atom is 0.311 e.